The molecule has 0 heterocycles. The van der Waals surface area contributed by atoms with Gasteiger partial charge in [-0.1, -0.05) is 82.3 Å². The molecule has 174 valence electrons. The minimum atomic E-state index is -0.360. The Morgan fingerprint density at radius 3 is 1.85 bits per heavy atom. The molecule has 0 fully saturated rings. The molecule has 0 aliphatic rings. The van der Waals surface area contributed by atoms with E-state index in [0.717, 1.165) is 29.7 Å². The van der Waals surface area contributed by atoms with Crippen LogP contribution in [0.4, 0.5) is 0 Å². The summed E-state index contributed by atoms with van der Waals surface area (Å²) in [6.07, 6.45) is 9.59. The number of ether oxygens (including phenoxy) is 2. The molecular weight excluding hydrogens is 408 g/mol. The Balaban J connectivity index is 1.50. The van der Waals surface area contributed by atoms with E-state index in [1.807, 2.05) is 36.4 Å². The summed E-state index contributed by atoms with van der Waals surface area (Å²) in [5.74, 6) is 0.953. The first-order chi connectivity index (χ1) is 16.2. The number of rotatable bonds is 13. The number of carbonyl (C=O) groups excluding carboxylic acids is 1. The van der Waals surface area contributed by atoms with Gasteiger partial charge in [-0.05, 0) is 72.4 Å². The zero-order chi connectivity index (χ0) is 23.3. The fourth-order valence-corrected chi connectivity index (χ4v) is 3.73. The van der Waals surface area contributed by atoms with Crippen molar-refractivity contribution in [3.63, 3.8) is 0 Å². The Bertz CT molecular complexity index is 957. The zero-order valence-electron chi connectivity index (χ0n) is 20.0. The molecule has 0 aromatic heterocycles. The van der Waals surface area contributed by atoms with Crippen molar-refractivity contribution in [1.29, 1.82) is 0 Å². The maximum absolute atomic E-state index is 12.5. The summed E-state index contributed by atoms with van der Waals surface area (Å²) in [7, 11) is 0. The molecule has 0 unspecified atom stereocenters. The van der Waals surface area contributed by atoms with E-state index in [0.29, 0.717) is 17.9 Å². The van der Waals surface area contributed by atoms with E-state index in [-0.39, 0.29) is 5.97 Å². The van der Waals surface area contributed by atoms with Crippen molar-refractivity contribution < 1.29 is 14.3 Å². The van der Waals surface area contributed by atoms with Crippen molar-refractivity contribution >= 4 is 5.97 Å². The second-order valence-electron chi connectivity index (χ2n) is 8.50. The van der Waals surface area contributed by atoms with Crippen LogP contribution in [0.5, 0.6) is 11.5 Å². The van der Waals surface area contributed by atoms with Crippen molar-refractivity contribution in [3.05, 3.63) is 83.9 Å². The summed E-state index contributed by atoms with van der Waals surface area (Å²) < 4.78 is 11.3. The summed E-state index contributed by atoms with van der Waals surface area (Å²) in [5.41, 5.74) is 4.15. The van der Waals surface area contributed by atoms with E-state index in [9.17, 15) is 4.79 Å². The van der Waals surface area contributed by atoms with Crippen LogP contribution in [0.15, 0.2) is 72.8 Å². The van der Waals surface area contributed by atoms with Crippen LogP contribution in [-0.4, -0.2) is 12.6 Å². The Morgan fingerprint density at radius 2 is 1.21 bits per heavy atom. The van der Waals surface area contributed by atoms with Gasteiger partial charge in [0.1, 0.15) is 11.5 Å². The number of unbranched alkanes of at least 4 members (excludes halogenated alkanes) is 5. The lowest BCUT2D eigenvalue weighted by Gasteiger charge is -2.09. The maximum atomic E-state index is 12.5. The normalized spacial score (nSPS) is 10.7. The van der Waals surface area contributed by atoms with Crippen molar-refractivity contribution in [2.75, 3.05) is 6.61 Å². The van der Waals surface area contributed by atoms with Crippen LogP contribution in [0.3, 0.4) is 0 Å². The molecule has 0 spiro atoms. The molecule has 3 aromatic rings. The minimum Gasteiger partial charge on any atom is -0.494 e. The quantitative estimate of drug-likeness (QED) is 0.151. The smallest absolute Gasteiger partial charge is 0.343 e. The van der Waals surface area contributed by atoms with Gasteiger partial charge in [-0.2, -0.15) is 0 Å². The van der Waals surface area contributed by atoms with Gasteiger partial charge in [0.15, 0.2) is 0 Å². The molecule has 33 heavy (non-hydrogen) atoms. The third kappa shape index (κ3) is 8.09. The number of esters is 1. The highest BCUT2D eigenvalue weighted by Gasteiger charge is 2.09. The Hall–Kier alpha value is -3.07. The third-order valence-electron chi connectivity index (χ3n) is 5.78. The number of hydrogen-bond donors (Lipinski definition) is 0. The van der Waals surface area contributed by atoms with Gasteiger partial charge in [-0.15, -0.1) is 0 Å². The zero-order valence-corrected chi connectivity index (χ0v) is 20.0. The van der Waals surface area contributed by atoms with E-state index in [4.69, 9.17) is 9.47 Å². The predicted octanol–water partition coefficient (Wildman–Crippen LogP) is 8.26. The van der Waals surface area contributed by atoms with Gasteiger partial charge < -0.3 is 9.47 Å². The number of benzene rings is 3. The molecule has 0 radical (unpaired) electrons. The van der Waals surface area contributed by atoms with E-state index >= 15 is 0 Å². The van der Waals surface area contributed by atoms with Gasteiger partial charge >= 0.3 is 5.97 Å². The van der Waals surface area contributed by atoms with Gasteiger partial charge in [0.25, 0.3) is 0 Å². The fourth-order valence-electron chi connectivity index (χ4n) is 3.73. The standard InChI is InChI=1S/C30H36O3/c1-3-5-7-9-23-32-28-19-21-29(22-20-28)33-30(31)27-17-15-26(16-18-27)25-13-11-24(12-14-25)10-8-6-4-2/h11-22H,3-10,23H2,1-2H3. The molecule has 0 bridgehead atoms. The molecule has 0 saturated heterocycles. The molecule has 3 aromatic carbocycles. The average Bonchev–Trinajstić information content (AvgIpc) is 2.85. The van der Waals surface area contributed by atoms with Crippen molar-refractivity contribution in [2.45, 2.75) is 65.2 Å². The van der Waals surface area contributed by atoms with Crippen LogP contribution in [0, 0.1) is 0 Å². The van der Waals surface area contributed by atoms with Gasteiger partial charge in [-0.3, -0.25) is 0 Å². The lowest BCUT2D eigenvalue weighted by atomic mass is 10.0. The number of carbonyl (C=O) groups is 1. The summed E-state index contributed by atoms with van der Waals surface area (Å²) >= 11 is 0. The monoisotopic (exact) mass is 444 g/mol. The molecule has 0 saturated carbocycles. The topological polar surface area (TPSA) is 35.5 Å². The summed E-state index contributed by atoms with van der Waals surface area (Å²) in [5, 5.41) is 0. The van der Waals surface area contributed by atoms with Crippen molar-refractivity contribution in [2.24, 2.45) is 0 Å². The number of hydrogen-bond acceptors (Lipinski definition) is 3. The van der Waals surface area contributed by atoms with Gasteiger partial charge in [-0.25, -0.2) is 4.79 Å². The first-order valence-corrected chi connectivity index (χ1v) is 12.3. The van der Waals surface area contributed by atoms with Gasteiger partial charge in [0.05, 0.1) is 12.2 Å². The first kappa shape index (κ1) is 24.6. The molecule has 0 atom stereocenters. The van der Waals surface area contributed by atoms with Crippen LogP contribution in [0.2, 0.25) is 0 Å². The summed E-state index contributed by atoms with van der Waals surface area (Å²) in [6, 6.07) is 23.5. The van der Waals surface area contributed by atoms with E-state index < -0.39 is 0 Å². The minimum absolute atomic E-state index is 0.360. The molecule has 3 heteroatoms. The summed E-state index contributed by atoms with van der Waals surface area (Å²) in [6.45, 7) is 5.14. The van der Waals surface area contributed by atoms with Crippen LogP contribution < -0.4 is 9.47 Å². The largest absolute Gasteiger partial charge is 0.494 e. The molecule has 0 N–H and O–H groups in total. The van der Waals surface area contributed by atoms with Crippen molar-refractivity contribution in [3.8, 4) is 22.6 Å². The first-order valence-electron chi connectivity index (χ1n) is 12.3. The van der Waals surface area contributed by atoms with Crippen molar-refractivity contribution in [1.82, 2.24) is 0 Å². The highest BCUT2D eigenvalue weighted by Crippen LogP contribution is 2.23. The Morgan fingerprint density at radius 1 is 0.636 bits per heavy atom. The fraction of sp³-hybridized carbons (Fsp3) is 0.367. The highest BCUT2D eigenvalue weighted by molar-refractivity contribution is 5.91. The van der Waals surface area contributed by atoms with E-state index in [1.165, 1.54) is 44.1 Å². The molecular formula is C30H36O3. The molecule has 3 nitrogen and oxygen atoms in total. The lowest BCUT2D eigenvalue weighted by Crippen LogP contribution is -2.08. The second-order valence-corrected chi connectivity index (χ2v) is 8.50. The molecule has 0 aliphatic heterocycles. The third-order valence-corrected chi connectivity index (χ3v) is 5.78. The lowest BCUT2D eigenvalue weighted by molar-refractivity contribution is 0.0734. The second kappa shape index (κ2) is 13.5. The van der Waals surface area contributed by atoms with Crippen LogP contribution in [0.1, 0.15) is 74.7 Å². The number of aryl methyl sites for hydroxylation is 1. The molecule has 3 rings (SSSR count). The van der Waals surface area contributed by atoms with Crippen LogP contribution in [-0.2, 0) is 6.42 Å². The molecule has 0 amide bonds. The Kier molecular flexibility index (Phi) is 10.0. The molecule has 0 aliphatic carbocycles. The summed E-state index contributed by atoms with van der Waals surface area (Å²) in [4.78, 5) is 12.5. The van der Waals surface area contributed by atoms with Crippen LogP contribution in [0.25, 0.3) is 11.1 Å². The Labute approximate surface area is 198 Å². The highest BCUT2D eigenvalue weighted by atomic mass is 16.5. The van der Waals surface area contributed by atoms with E-state index in [1.54, 1.807) is 12.1 Å². The van der Waals surface area contributed by atoms with Gasteiger partial charge in [0.2, 0.25) is 0 Å². The van der Waals surface area contributed by atoms with Crippen LogP contribution >= 0.6 is 0 Å². The SMILES string of the molecule is CCCCCCOc1ccc(OC(=O)c2ccc(-c3ccc(CCCCC)cc3)cc2)cc1. The van der Waals surface area contributed by atoms with Gasteiger partial charge in [0, 0.05) is 0 Å². The predicted molar refractivity (Wildman–Crippen MR) is 136 cm³/mol. The van der Waals surface area contributed by atoms with E-state index in [2.05, 4.69) is 38.1 Å². The average molecular weight is 445 g/mol. The maximum Gasteiger partial charge on any atom is 0.343 e.